The number of rotatable bonds is 7. The van der Waals surface area contributed by atoms with Crippen LogP contribution in [0.2, 0.25) is 0 Å². The molecular weight excluding hydrogens is 435 g/mol. The second-order valence-electron chi connectivity index (χ2n) is 4.85. The van der Waals surface area contributed by atoms with Crippen molar-refractivity contribution in [3.8, 4) is 0 Å². The zero-order valence-corrected chi connectivity index (χ0v) is 17.4. The van der Waals surface area contributed by atoms with Crippen molar-refractivity contribution in [3.63, 3.8) is 0 Å². The van der Waals surface area contributed by atoms with Gasteiger partial charge in [-0.3, -0.25) is 0 Å². The topological polar surface area (TPSA) is 83.4 Å². The highest BCUT2D eigenvalue weighted by atomic mass is 127. The molecule has 2 N–H and O–H groups in total. The maximum absolute atomic E-state index is 11.1. The molecule has 0 atom stereocenters. The van der Waals surface area contributed by atoms with Crippen molar-refractivity contribution in [2.45, 2.75) is 33.7 Å². The third-order valence-corrected chi connectivity index (χ3v) is 4.80. The molecule has 0 aliphatic heterocycles. The number of aryl methyl sites for hydroxylation is 2. The van der Waals surface area contributed by atoms with Gasteiger partial charge in [0.05, 0.1) is 23.0 Å². The van der Waals surface area contributed by atoms with E-state index in [0.717, 1.165) is 22.1 Å². The van der Waals surface area contributed by atoms with Gasteiger partial charge >= 0.3 is 0 Å². The highest BCUT2D eigenvalue weighted by Gasteiger charge is 2.05. The van der Waals surface area contributed by atoms with Crippen molar-refractivity contribution < 1.29 is 8.42 Å². The number of thiazole rings is 1. The fourth-order valence-corrected chi connectivity index (χ4v) is 3.28. The molecule has 128 valence electrons. The molecule has 0 aliphatic rings. The number of aromatic nitrogens is 1. The molecule has 9 heteroatoms. The molecule has 6 nitrogen and oxygen atoms in total. The minimum absolute atomic E-state index is 0. The standard InChI is InChI=1S/C13H24N4O2S2.HI/c1-5-14-13(15-7-6-8-21(4,18)19)16-9-12-10(2)17-11(3)20-12;/h5-9H2,1-4H3,(H2,14,15,16);1H. The summed E-state index contributed by atoms with van der Waals surface area (Å²) < 4.78 is 22.1. The minimum Gasteiger partial charge on any atom is -0.357 e. The van der Waals surface area contributed by atoms with Gasteiger partial charge in [-0.1, -0.05) is 0 Å². The van der Waals surface area contributed by atoms with Crippen molar-refractivity contribution >= 4 is 51.1 Å². The lowest BCUT2D eigenvalue weighted by molar-refractivity contribution is 0.598. The summed E-state index contributed by atoms with van der Waals surface area (Å²) in [6.45, 7) is 7.90. The van der Waals surface area contributed by atoms with E-state index >= 15 is 0 Å². The van der Waals surface area contributed by atoms with E-state index in [1.54, 1.807) is 11.3 Å². The molecule has 22 heavy (non-hydrogen) atoms. The van der Waals surface area contributed by atoms with E-state index in [2.05, 4.69) is 20.6 Å². The Morgan fingerprint density at radius 3 is 2.50 bits per heavy atom. The molecule has 1 aromatic rings. The summed E-state index contributed by atoms with van der Waals surface area (Å²) in [6, 6.07) is 0. The second-order valence-corrected chi connectivity index (χ2v) is 8.39. The van der Waals surface area contributed by atoms with Crippen LogP contribution >= 0.6 is 35.3 Å². The molecule has 0 radical (unpaired) electrons. The predicted molar refractivity (Wildman–Crippen MR) is 104 cm³/mol. The quantitative estimate of drug-likeness (QED) is 0.281. The Labute approximate surface area is 154 Å². The van der Waals surface area contributed by atoms with Crippen LogP contribution in [0.5, 0.6) is 0 Å². The van der Waals surface area contributed by atoms with Gasteiger partial charge in [-0.2, -0.15) is 0 Å². The van der Waals surface area contributed by atoms with Crippen molar-refractivity contribution in [2.75, 3.05) is 25.1 Å². The third-order valence-electron chi connectivity index (χ3n) is 2.71. The molecular formula is C13H25IN4O2S2. The van der Waals surface area contributed by atoms with Gasteiger partial charge in [-0.05, 0) is 27.2 Å². The zero-order chi connectivity index (χ0) is 15.9. The Morgan fingerprint density at radius 1 is 1.32 bits per heavy atom. The number of sulfone groups is 1. The SMILES string of the molecule is CCNC(=NCc1sc(C)nc1C)NCCCS(C)(=O)=O.I. The minimum atomic E-state index is -2.90. The lowest BCUT2D eigenvalue weighted by Gasteiger charge is -2.10. The summed E-state index contributed by atoms with van der Waals surface area (Å²) in [4.78, 5) is 10.0. The average Bonchev–Trinajstić information content (AvgIpc) is 2.69. The van der Waals surface area contributed by atoms with E-state index in [9.17, 15) is 8.42 Å². The molecule has 0 amide bonds. The van der Waals surface area contributed by atoms with E-state index in [4.69, 9.17) is 0 Å². The van der Waals surface area contributed by atoms with Crippen LogP contribution in [-0.2, 0) is 16.4 Å². The molecule has 0 unspecified atom stereocenters. The molecule has 0 saturated carbocycles. The third kappa shape index (κ3) is 8.89. The number of nitrogens with zero attached hydrogens (tertiary/aromatic N) is 2. The molecule has 0 spiro atoms. The molecule has 1 heterocycles. The Hall–Kier alpha value is -0.420. The van der Waals surface area contributed by atoms with Crippen LogP contribution in [0.25, 0.3) is 0 Å². The smallest absolute Gasteiger partial charge is 0.191 e. The first-order valence-corrected chi connectivity index (χ1v) is 9.82. The van der Waals surface area contributed by atoms with Crippen molar-refractivity contribution in [1.82, 2.24) is 15.6 Å². The summed E-state index contributed by atoms with van der Waals surface area (Å²) in [6.07, 6.45) is 1.82. The van der Waals surface area contributed by atoms with Gasteiger partial charge in [0.1, 0.15) is 9.84 Å². The van der Waals surface area contributed by atoms with Crippen LogP contribution in [-0.4, -0.2) is 44.5 Å². The van der Waals surface area contributed by atoms with Gasteiger partial charge in [0, 0.05) is 24.2 Å². The first-order chi connectivity index (χ1) is 9.81. The van der Waals surface area contributed by atoms with Gasteiger partial charge in [-0.15, -0.1) is 35.3 Å². The highest BCUT2D eigenvalue weighted by molar-refractivity contribution is 14.0. The fourth-order valence-electron chi connectivity index (χ4n) is 1.75. The summed E-state index contributed by atoms with van der Waals surface area (Å²) >= 11 is 1.65. The lowest BCUT2D eigenvalue weighted by atomic mass is 10.4. The number of hydrogen-bond donors (Lipinski definition) is 2. The molecule has 1 rings (SSSR count). The van der Waals surface area contributed by atoms with E-state index in [-0.39, 0.29) is 29.7 Å². The Kier molecular flexibility index (Phi) is 10.2. The Morgan fingerprint density at radius 2 is 2.00 bits per heavy atom. The van der Waals surface area contributed by atoms with Crippen LogP contribution in [0, 0.1) is 13.8 Å². The highest BCUT2D eigenvalue weighted by Crippen LogP contribution is 2.17. The summed E-state index contributed by atoms with van der Waals surface area (Å²) in [5.41, 5.74) is 1.02. The zero-order valence-electron chi connectivity index (χ0n) is 13.5. The normalized spacial score (nSPS) is 11.9. The molecule has 1 aromatic heterocycles. The lowest BCUT2D eigenvalue weighted by Crippen LogP contribution is -2.38. The average molecular weight is 460 g/mol. The monoisotopic (exact) mass is 460 g/mol. The molecule has 0 aromatic carbocycles. The summed E-state index contributed by atoms with van der Waals surface area (Å²) in [5.74, 6) is 0.892. The first-order valence-electron chi connectivity index (χ1n) is 6.94. The van der Waals surface area contributed by atoms with Crippen molar-refractivity contribution in [2.24, 2.45) is 4.99 Å². The number of nitrogens with one attached hydrogen (secondary N) is 2. The van der Waals surface area contributed by atoms with Crippen molar-refractivity contribution in [1.29, 1.82) is 0 Å². The van der Waals surface area contributed by atoms with Gasteiger partial charge in [0.2, 0.25) is 0 Å². The summed E-state index contributed by atoms with van der Waals surface area (Å²) in [5, 5.41) is 7.34. The van der Waals surface area contributed by atoms with Crippen molar-refractivity contribution in [3.05, 3.63) is 15.6 Å². The first kappa shape index (κ1) is 21.6. The predicted octanol–water partition coefficient (Wildman–Crippen LogP) is 1.87. The molecule has 0 bridgehead atoms. The van der Waals surface area contributed by atoms with Crippen LogP contribution in [0.3, 0.4) is 0 Å². The van der Waals surface area contributed by atoms with Crippen LogP contribution < -0.4 is 10.6 Å². The van der Waals surface area contributed by atoms with Gasteiger partial charge in [0.15, 0.2) is 5.96 Å². The van der Waals surface area contributed by atoms with Crippen LogP contribution in [0.1, 0.15) is 28.9 Å². The molecule has 0 aliphatic carbocycles. The van der Waals surface area contributed by atoms with E-state index in [0.29, 0.717) is 25.5 Å². The van der Waals surface area contributed by atoms with E-state index in [1.807, 2.05) is 20.8 Å². The fraction of sp³-hybridized carbons (Fsp3) is 0.692. The number of halogens is 1. The summed E-state index contributed by atoms with van der Waals surface area (Å²) in [7, 11) is -2.90. The van der Waals surface area contributed by atoms with Gasteiger partial charge in [-0.25, -0.2) is 18.4 Å². The largest absolute Gasteiger partial charge is 0.357 e. The molecule has 0 fully saturated rings. The Balaban J connectivity index is 0.00000441. The number of hydrogen-bond acceptors (Lipinski definition) is 5. The van der Waals surface area contributed by atoms with Gasteiger partial charge in [0.25, 0.3) is 0 Å². The second kappa shape index (κ2) is 10.4. The van der Waals surface area contributed by atoms with Gasteiger partial charge < -0.3 is 10.6 Å². The number of guanidine groups is 1. The van der Waals surface area contributed by atoms with E-state index < -0.39 is 9.84 Å². The van der Waals surface area contributed by atoms with Crippen LogP contribution in [0.4, 0.5) is 0 Å². The van der Waals surface area contributed by atoms with Crippen LogP contribution in [0.15, 0.2) is 4.99 Å². The molecule has 0 saturated heterocycles. The maximum Gasteiger partial charge on any atom is 0.191 e. The Bertz CT molecular complexity index is 585. The maximum atomic E-state index is 11.1. The van der Waals surface area contributed by atoms with E-state index in [1.165, 1.54) is 6.26 Å². The number of aliphatic imine (C=N–C) groups is 1.